The Kier molecular flexibility index (Phi) is 2.44. The predicted molar refractivity (Wildman–Crippen MR) is 50.2 cm³/mol. The Morgan fingerprint density at radius 1 is 1.36 bits per heavy atom. The average Bonchev–Trinajstić information content (AvgIpc) is 2.70. The first-order valence-electron chi connectivity index (χ1n) is 4.21. The molecule has 0 aliphatic heterocycles. The fourth-order valence-corrected chi connectivity index (χ4v) is 1.07. The first kappa shape index (κ1) is 8.74. The molecule has 0 saturated heterocycles. The SMILES string of the molecule is Fc1ccc(NCc2ccoc2)nc1. The molecule has 0 fully saturated rings. The Morgan fingerprint density at radius 2 is 2.29 bits per heavy atom. The zero-order valence-corrected chi connectivity index (χ0v) is 7.40. The number of nitrogens with zero attached hydrogens (tertiary/aromatic N) is 1. The van der Waals surface area contributed by atoms with Crippen molar-refractivity contribution in [3.8, 4) is 0 Å². The second-order valence-electron chi connectivity index (χ2n) is 2.85. The van der Waals surface area contributed by atoms with Gasteiger partial charge in [0.15, 0.2) is 0 Å². The quantitative estimate of drug-likeness (QED) is 0.811. The van der Waals surface area contributed by atoms with Crippen LogP contribution in [0.25, 0.3) is 0 Å². The third kappa shape index (κ3) is 2.10. The van der Waals surface area contributed by atoms with Gasteiger partial charge in [-0.25, -0.2) is 9.37 Å². The summed E-state index contributed by atoms with van der Waals surface area (Å²) >= 11 is 0. The molecule has 0 aliphatic carbocycles. The molecule has 2 aromatic heterocycles. The Hall–Kier alpha value is -1.84. The van der Waals surface area contributed by atoms with Crippen molar-refractivity contribution in [2.75, 3.05) is 5.32 Å². The highest BCUT2D eigenvalue weighted by molar-refractivity contribution is 5.34. The molecule has 0 unspecified atom stereocenters. The summed E-state index contributed by atoms with van der Waals surface area (Å²) in [6.45, 7) is 0.620. The van der Waals surface area contributed by atoms with E-state index in [1.54, 1.807) is 18.6 Å². The number of pyridine rings is 1. The molecule has 72 valence electrons. The van der Waals surface area contributed by atoms with E-state index < -0.39 is 0 Å². The monoisotopic (exact) mass is 192 g/mol. The summed E-state index contributed by atoms with van der Waals surface area (Å²) in [5, 5.41) is 3.04. The van der Waals surface area contributed by atoms with Crippen molar-refractivity contribution in [2.24, 2.45) is 0 Å². The van der Waals surface area contributed by atoms with Crippen LogP contribution in [0.15, 0.2) is 41.3 Å². The molecule has 0 saturated carbocycles. The van der Waals surface area contributed by atoms with Crippen LogP contribution in [0, 0.1) is 5.82 Å². The topological polar surface area (TPSA) is 38.1 Å². The number of nitrogens with one attached hydrogen (secondary N) is 1. The fourth-order valence-electron chi connectivity index (χ4n) is 1.07. The van der Waals surface area contributed by atoms with Gasteiger partial charge in [0.05, 0.1) is 18.7 Å². The number of halogens is 1. The number of rotatable bonds is 3. The highest BCUT2D eigenvalue weighted by Gasteiger charge is 1.96. The van der Waals surface area contributed by atoms with E-state index in [0.29, 0.717) is 12.4 Å². The summed E-state index contributed by atoms with van der Waals surface area (Å²) in [4.78, 5) is 3.86. The molecule has 2 heterocycles. The van der Waals surface area contributed by atoms with E-state index in [1.165, 1.54) is 12.3 Å². The van der Waals surface area contributed by atoms with Gasteiger partial charge >= 0.3 is 0 Å². The maximum Gasteiger partial charge on any atom is 0.141 e. The lowest BCUT2D eigenvalue weighted by molar-refractivity contribution is 0.564. The first-order valence-corrected chi connectivity index (χ1v) is 4.21. The minimum absolute atomic E-state index is 0.334. The van der Waals surface area contributed by atoms with E-state index in [2.05, 4.69) is 10.3 Å². The number of furan rings is 1. The molecule has 0 atom stereocenters. The number of aromatic nitrogens is 1. The summed E-state index contributed by atoms with van der Waals surface area (Å²) in [7, 11) is 0. The maximum atomic E-state index is 12.5. The summed E-state index contributed by atoms with van der Waals surface area (Å²) in [5.41, 5.74) is 1.02. The zero-order valence-electron chi connectivity index (χ0n) is 7.40. The van der Waals surface area contributed by atoms with Crippen molar-refractivity contribution in [1.82, 2.24) is 4.98 Å². The van der Waals surface area contributed by atoms with Crippen LogP contribution in [-0.4, -0.2) is 4.98 Å². The Labute approximate surface area is 80.6 Å². The average molecular weight is 192 g/mol. The summed E-state index contributed by atoms with van der Waals surface area (Å²) in [6.07, 6.45) is 4.43. The first-order chi connectivity index (χ1) is 6.84. The van der Waals surface area contributed by atoms with Crippen LogP contribution in [0.1, 0.15) is 5.56 Å². The second kappa shape index (κ2) is 3.91. The molecule has 14 heavy (non-hydrogen) atoms. The van der Waals surface area contributed by atoms with Gasteiger partial charge < -0.3 is 9.73 Å². The lowest BCUT2D eigenvalue weighted by Gasteiger charge is -2.02. The zero-order chi connectivity index (χ0) is 9.80. The van der Waals surface area contributed by atoms with Gasteiger partial charge in [-0.15, -0.1) is 0 Å². The third-order valence-corrected chi connectivity index (χ3v) is 1.78. The molecule has 0 radical (unpaired) electrons. The molecule has 0 spiro atoms. The van der Waals surface area contributed by atoms with Crippen molar-refractivity contribution in [3.63, 3.8) is 0 Å². The molecule has 0 amide bonds. The van der Waals surface area contributed by atoms with Crippen molar-refractivity contribution in [2.45, 2.75) is 6.54 Å². The van der Waals surface area contributed by atoms with Gasteiger partial charge in [0, 0.05) is 12.1 Å². The van der Waals surface area contributed by atoms with Crippen molar-refractivity contribution in [3.05, 3.63) is 48.3 Å². The Morgan fingerprint density at radius 3 is 2.93 bits per heavy atom. The number of hydrogen-bond acceptors (Lipinski definition) is 3. The van der Waals surface area contributed by atoms with E-state index >= 15 is 0 Å². The van der Waals surface area contributed by atoms with Crippen LogP contribution in [-0.2, 0) is 6.54 Å². The maximum absolute atomic E-state index is 12.5. The highest BCUT2D eigenvalue weighted by Crippen LogP contribution is 2.06. The van der Waals surface area contributed by atoms with Gasteiger partial charge in [0.2, 0.25) is 0 Å². The summed E-state index contributed by atoms with van der Waals surface area (Å²) < 4.78 is 17.4. The van der Waals surface area contributed by atoms with Crippen LogP contribution in [0.4, 0.5) is 10.2 Å². The Balaban J connectivity index is 1.95. The van der Waals surface area contributed by atoms with E-state index in [0.717, 1.165) is 5.56 Å². The molecular formula is C10H9FN2O. The summed E-state index contributed by atoms with van der Waals surface area (Å²) in [6, 6.07) is 4.82. The largest absolute Gasteiger partial charge is 0.472 e. The second-order valence-corrected chi connectivity index (χ2v) is 2.85. The van der Waals surface area contributed by atoms with Crippen LogP contribution in [0.3, 0.4) is 0 Å². The standard InChI is InChI=1S/C10H9FN2O/c11-9-1-2-10(13-6-9)12-5-8-3-4-14-7-8/h1-4,6-7H,5H2,(H,12,13). The molecule has 0 bridgehead atoms. The van der Waals surface area contributed by atoms with Gasteiger partial charge in [-0.05, 0) is 18.2 Å². The van der Waals surface area contributed by atoms with Crippen molar-refractivity contribution >= 4 is 5.82 Å². The van der Waals surface area contributed by atoms with Gasteiger partial charge in [-0.2, -0.15) is 0 Å². The molecule has 0 aromatic carbocycles. The normalized spacial score (nSPS) is 10.1. The van der Waals surface area contributed by atoms with Crippen LogP contribution in [0.5, 0.6) is 0 Å². The van der Waals surface area contributed by atoms with Gasteiger partial charge in [0.1, 0.15) is 11.6 Å². The molecule has 3 nitrogen and oxygen atoms in total. The van der Waals surface area contributed by atoms with E-state index in [4.69, 9.17) is 4.42 Å². The summed E-state index contributed by atoms with van der Waals surface area (Å²) in [5.74, 6) is 0.312. The molecule has 2 rings (SSSR count). The predicted octanol–water partition coefficient (Wildman–Crippen LogP) is 2.43. The smallest absolute Gasteiger partial charge is 0.141 e. The van der Waals surface area contributed by atoms with Gasteiger partial charge in [-0.3, -0.25) is 0 Å². The molecule has 2 aromatic rings. The third-order valence-electron chi connectivity index (χ3n) is 1.78. The lowest BCUT2D eigenvalue weighted by Crippen LogP contribution is -1.99. The number of hydrogen-bond donors (Lipinski definition) is 1. The minimum atomic E-state index is -0.334. The van der Waals surface area contributed by atoms with E-state index in [9.17, 15) is 4.39 Å². The van der Waals surface area contributed by atoms with Crippen molar-refractivity contribution in [1.29, 1.82) is 0 Å². The van der Waals surface area contributed by atoms with Gasteiger partial charge in [-0.1, -0.05) is 0 Å². The van der Waals surface area contributed by atoms with Crippen molar-refractivity contribution < 1.29 is 8.81 Å². The molecule has 0 aliphatic rings. The molecule has 1 N–H and O–H groups in total. The van der Waals surface area contributed by atoms with Crippen LogP contribution < -0.4 is 5.32 Å². The highest BCUT2D eigenvalue weighted by atomic mass is 19.1. The van der Waals surface area contributed by atoms with E-state index in [-0.39, 0.29) is 5.82 Å². The fraction of sp³-hybridized carbons (Fsp3) is 0.100. The van der Waals surface area contributed by atoms with Gasteiger partial charge in [0.25, 0.3) is 0 Å². The Bertz CT molecular complexity index is 383. The molecule has 4 heteroatoms. The molecular weight excluding hydrogens is 183 g/mol. The van der Waals surface area contributed by atoms with Crippen LogP contribution in [0.2, 0.25) is 0 Å². The lowest BCUT2D eigenvalue weighted by atomic mass is 10.3. The number of anilines is 1. The van der Waals surface area contributed by atoms with E-state index in [1.807, 2.05) is 6.07 Å². The minimum Gasteiger partial charge on any atom is -0.472 e. The van der Waals surface area contributed by atoms with Crippen LogP contribution >= 0.6 is 0 Å².